The van der Waals surface area contributed by atoms with Gasteiger partial charge in [0.15, 0.2) is 11.5 Å². The molecule has 0 saturated carbocycles. The zero-order valence-corrected chi connectivity index (χ0v) is 12.5. The fourth-order valence-electron chi connectivity index (χ4n) is 2.10. The third kappa shape index (κ3) is 3.39. The Morgan fingerprint density at radius 2 is 2.09 bits per heavy atom. The summed E-state index contributed by atoms with van der Waals surface area (Å²) in [6.07, 6.45) is 4.61. The molecule has 1 aliphatic rings. The molecule has 7 heteroatoms. The molecule has 3 rings (SSSR count). The fraction of sp³-hybridized carbons (Fsp3) is 0.188. The Labute approximate surface area is 132 Å². The number of nitrogens with one attached hydrogen (secondary N) is 1. The second-order valence-corrected chi connectivity index (χ2v) is 4.68. The summed E-state index contributed by atoms with van der Waals surface area (Å²) >= 11 is 0. The molecule has 1 aromatic carbocycles. The number of hydrazone groups is 1. The van der Waals surface area contributed by atoms with E-state index in [1.54, 1.807) is 43.8 Å². The maximum atomic E-state index is 11.9. The number of carbonyl (C=O) groups excluding carboxylic acids is 1. The molecule has 1 aromatic heterocycles. The van der Waals surface area contributed by atoms with Crippen LogP contribution >= 0.6 is 0 Å². The molecule has 2 aromatic rings. The first kappa shape index (κ1) is 14.8. The smallest absolute Gasteiger partial charge is 0.271 e. The van der Waals surface area contributed by atoms with E-state index >= 15 is 0 Å². The summed E-state index contributed by atoms with van der Waals surface area (Å²) in [5.74, 6) is 1.42. The van der Waals surface area contributed by atoms with Gasteiger partial charge in [-0.2, -0.15) is 5.10 Å². The Morgan fingerprint density at radius 1 is 1.30 bits per heavy atom. The Bertz CT molecular complexity index is 714. The van der Waals surface area contributed by atoms with Crippen LogP contribution in [0.25, 0.3) is 0 Å². The molecule has 0 bridgehead atoms. The van der Waals surface area contributed by atoms with Gasteiger partial charge in [0.2, 0.25) is 5.75 Å². The van der Waals surface area contributed by atoms with Crippen LogP contribution < -0.4 is 19.6 Å². The first-order valence-corrected chi connectivity index (χ1v) is 6.99. The van der Waals surface area contributed by atoms with E-state index in [9.17, 15) is 4.79 Å². The lowest BCUT2D eigenvalue weighted by Crippen LogP contribution is -2.18. The Balaban J connectivity index is 1.74. The lowest BCUT2D eigenvalue weighted by molar-refractivity contribution is 0.0955. The molecule has 23 heavy (non-hydrogen) atoms. The van der Waals surface area contributed by atoms with E-state index in [1.807, 2.05) is 0 Å². The molecule has 7 nitrogen and oxygen atoms in total. The second-order valence-electron chi connectivity index (χ2n) is 4.68. The summed E-state index contributed by atoms with van der Waals surface area (Å²) < 4.78 is 16.4. The van der Waals surface area contributed by atoms with E-state index in [2.05, 4.69) is 15.5 Å². The molecule has 0 fully saturated rings. The minimum absolute atomic E-state index is 0.312. The number of benzene rings is 1. The van der Waals surface area contributed by atoms with Crippen molar-refractivity contribution in [1.82, 2.24) is 10.4 Å². The van der Waals surface area contributed by atoms with Crippen LogP contribution in [0.3, 0.4) is 0 Å². The van der Waals surface area contributed by atoms with Gasteiger partial charge >= 0.3 is 0 Å². The minimum Gasteiger partial charge on any atom is -0.493 e. The molecule has 0 saturated heterocycles. The van der Waals surface area contributed by atoms with E-state index in [-0.39, 0.29) is 5.91 Å². The number of methoxy groups -OCH3 is 1. The van der Waals surface area contributed by atoms with Gasteiger partial charge in [-0.05, 0) is 24.3 Å². The summed E-state index contributed by atoms with van der Waals surface area (Å²) in [6, 6.07) is 6.75. The lowest BCUT2D eigenvalue weighted by Gasteiger charge is -2.20. The lowest BCUT2D eigenvalue weighted by atomic mass is 10.2. The molecule has 1 aliphatic heterocycles. The Hall–Kier alpha value is -3.09. The van der Waals surface area contributed by atoms with Gasteiger partial charge in [-0.15, -0.1) is 0 Å². The van der Waals surface area contributed by atoms with E-state index in [0.29, 0.717) is 36.0 Å². The highest BCUT2D eigenvalue weighted by Gasteiger charge is 2.17. The molecule has 0 spiro atoms. The van der Waals surface area contributed by atoms with Crippen LogP contribution in [0.2, 0.25) is 0 Å². The minimum atomic E-state index is -0.312. The highest BCUT2D eigenvalue weighted by atomic mass is 16.6. The second kappa shape index (κ2) is 6.78. The first-order valence-electron chi connectivity index (χ1n) is 6.99. The number of nitrogens with zero attached hydrogens (tertiary/aromatic N) is 2. The SMILES string of the molecule is COc1cc(/C=N\NC(=O)c2ccncc2)cc2c1OCCO2. The first-order chi connectivity index (χ1) is 11.3. The van der Waals surface area contributed by atoms with Gasteiger partial charge < -0.3 is 14.2 Å². The van der Waals surface area contributed by atoms with E-state index < -0.39 is 0 Å². The van der Waals surface area contributed by atoms with Gasteiger partial charge in [0.1, 0.15) is 13.2 Å². The number of rotatable bonds is 4. The van der Waals surface area contributed by atoms with Crippen LogP contribution in [-0.4, -0.2) is 37.4 Å². The molecule has 0 atom stereocenters. The number of carbonyl (C=O) groups is 1. The monoisotopic (exact) mass is 313 g/mol. The van der Waals surface area contributed by atoms with Gasteiger partial charge in [-0.1, -0.05) is 0 Å². The zero-order valence-electron chi connectivity index (χ0n) is 12.5. The van der Waals surface area contributed by atoms with Crippen molar-refractivity contribution in [3.63, 3.8) is 0 Å². The Morgan fingerprint density at radius 3 is 2.87 bits per heavy atom. The molecule has 1 N–H and O–H groups in total. The van der Waals surface area contributed by atoms with Crippen molar-refractivity contribution >= 4 is 12.1 Å². The molecule has 1 amide bonds. The van der Waals surface area contributed by atoms with Crippen molar-refractivity contribution in [2.75, 3.05) is 20.3 Å². The molecular formula is C16H15N3O4. The molecule has 0 unspecified atom stereocenters. The normalized spacial score (nSPS) is 12.9. The van der Waals surface area contributed by atoms with Gasteiger partial charge in [-0.3, -0.25) is 9.78 Å². The molecule has 0 aliphatic carbocycles. The number of pyridine rings is 1. The third-order valence-electron chi connectivity index (χ3n) is 3.17. The number of fused-ring (bicyclic) bond motifs is 1. The molecule has 2 heterocycles. The number of amides is 1. The standard InChI is InChI=1S/C16H15N3O4/c1-21-13-8-11(9-14-15(13)23-7-6-22-14)10-18-19-16(20)12-2-4-17-5-3-12/h2-5,8-10H,6-7H2,1H3,(H,19,20)/b18-10-. The highest BCUT2D eigenvalue weighted by Crippen LogP contribution is 2.39. The number of hydrogen-bond donors (Lipinski definition) is 1. The van der Waals surface area contributed by atoms with Gasteiger partial charge in [0.05, 0.1) is 13.3 Å². The van der Waals surface area contributed by atoms with Crippen molar-refractivity contribution in [3.05, 3.63) is 47.8 Å². The zero-order chi connectivity index (χ0) is 16.1. The van der Waals surface area contributed by atoms with E-state index in [1.165, 1.54) is 6.21 Å². The summed E-state index contributed by atoms with van der Waals surface area (Å²) in [7, 11) is 1.56. The van der Waals surface area contributed by atoms with Crippen LogP contribution in [0.1, 0.15) is 15.9 Å². The summed E-state index contributed by atoms with van der Waals surface area (Å²) in [6.45, 7) is 0.967. The van der Waals surface area contributed by atoms with Gasteiger partial charge in [-0.25, -0.2) is 5.43 Å². The van der Waals surface area contributed by atoms with Crippen LogP contribution in [0, 0.1) is 0 Å². The van der Waals surface area contributed by atoms with Gasteiger partial charge in [0, 0.05) is 23.5 Å². The van der Waals surface area contributed by atoms with Crippen LogP contribution in [0.5, 0.6) is 17.2 Å². The number of ether oxygens (including phenoxy) is 3. The van der Waals surface area contributed by atoms with Crippen molar-refractivity contribution < 1.29 is 19.0 Å². The van der Waals surface area contributed by atoms with Crippen LogP contribution in [0.15, 0.2) is 41.8 Å². The summed E-state index contributed by atoms with van der Waals surface area (Å²) in [4.78, 5) is 15.7. The van der Waals surface area contributed by atoms with Crippen molar-refractivity contribution in [3.8, 4) is 17.2 Å². The van der Waals surface area contributed by atoms with Crippen molar-refractivity contribution in [2.45, 2.75) is 0 Å². The average molecular weight is 313 g/mol. The van der Waals surface area contributed by atoms with Crippen molar-refractivity contribution in [2.24, 2.45) is 5.10 Å². The number of hydrogen-bond acceptors (Lipinski definition) is 6. The molecule has 118 valence electrons. The highest BCUT2D eigenvalue weighted by molar-refractivity contribution is 5.94. The fourth-order valence-corrected chi connectivity index (χ4v) is 2.10. The largest absolute Gasteiger partial charge is 0.493 e. The molecular weight excluding hydrogens is 298 g/mol. The van der Waals surface area contributed by atoms with E-state index in [0.717, 1.165) is 5.56 Å². The Kier molecular flexibility index (Phi) is 4.37. The predicted octanol–water partition coefficient (Wildman–Crippen LogP) is 1.63. The summed E-state index contributed by atoms with van der Waals surface area (Å²) in [5, 5.41) is 3.95. The maximum Gasteiger partial charge on any atom is 0.271 e. The van der Waals surface area contributed by atoms with Crippen LogP contribution in [0.4, 0.5) is 0 Å². The van der Waals surface area contributed by atoms with Gasteiger partial charge in [0.25, 0.3) is 5.91 Å². The molecule has 0 radical (unpaired) electrons. The average Bonchev–Trinajstić information content (AvgIpc) is 2.61. The predicted molar refractivity (Wildman–Crippen MR) is 83.3 cm³/mol. The summed E-state index contributed by atoms with van der Waals surface area (Å²) in [5.41, 5.74) is 3.66. The number of aromatic nitrogens is 1. The van der Waals surface area contributed by atoms with E-state index in [4.69, 9.17) is 14.2 Å². The third-order valence-corrected chi connectivity index (χ3v) is 3.17. The van der Waals surface area contributed by atoms with Crippen molar-refractivity contribution in [1.29, 1.82) is 0 Å². The maximum absolute atomic E-state index is 11.9. The quantitative estimate of drug-likeness (QED) is 0.685. The topological polar surface area (TPSA) is 82.0 Å². The van der Waals surface area contributed by atoms with Crippen LogP contribution in [-0.2, 0) is 0 Å².